The van der Waals surface area contributed by atoms with E-state index in [-0.39, 0.29) is 11.8 Å². The van der Waals surface area contributed by atoms with Gasteiger partial charge in [0, 0.05) is 44.7 Å². The number of carbonyl (C=O) groups excluding carboxylic acids is 1. The summed E-state index contributed by atoms with van der Waals surface area (Å²) in [6.07, 6.45) is 5.12. The van der Waals surface area contributed by atoms with Crippen LogP contribution in [-0.4, -0.2) is 62.1 Å². The molecule has 3 N–H and O–H groups in total. The van der Waals surface area contributed by atoms with Crippen LogP contribution < -0.4 is 16.0 Å². The lowest BCUT2D eigenvalue weighted by molar-refractivity contribution is -0.123. The summed E-state index contributed by atoms with van der Waals surface area (Å²) in [6, 6.07) is 0.721. The van der Waals surface area contributed by atoms with E-state index >= 15 is 0 Å². The Morgan fingerprint density at radius 2 is 1.96 bits per heavy atom. The molecular weight excluding hydrogens is 302 g/mol. The minimum absolute atomic E-state index is 0.0316. The SMILES string of the molecule is CCNC(=NCCCN1CCCCC1C)NCCNC(=O)C(C)C. The van der Waals surface area contributed by atoms with Crippen LogP contribution in [0.15, 0.2) is 4.99 Å². The van der Waals surface area contributed by atoms with Crippen molar-refractivity contribution in [2.75, 3.05) is 39.3 Å². The van der Waals surface area contributed by atoms with E-state index in [9.17, 15) is 4.79 Å². The van der Waals surface area contributed by atoms with E-state index in [1.807, 2.05) is 13.8 Å². The molecule has 0 radical (unpaired) electrons. The van der Waals surface area contributed by atoms with Crippen molar-refractivity contribution >= 4 is 11.9 Å². The predicted molar refractivity (Wildman–Crippen MR) is 101 cm³/mol. The Morgan fingerprint density at radius 3 is 2.62 bits per heavy atom. The third-order valence-electron chi connectivity index (χ3n) is 4.40. The standard InChI is InChI=1S/C18H37N5O/c1-5-19-18(22-12-11-20-17(24)15(2)3)21-10-8-14-23-13-7-6-9-16(23)4/h15-16H,5-14H2,1-4H3,(H,20,24)(H2,19,21,22). The fourth-order valence-corrected chi connectivity index (χ4v) is 2.87. The van der Waals surface area contributed by atoms with Crippen LogP contribution >= 0.6 is 0 Å². The number of guanidine groups is 1. The number of rotatable bonds is 9. The summed E-state index contributed by atoms with van der Waals surface area (Å²) in [5, 5.41) is 9.43. The van der Waals surface area contributed by atoms with Gasteiger partial charge in [0.2, 0.25) is 5.91 Å². The molecule has 0 saturated carbocycles. The van der Waals surface area contributed by atoms with Crippen LogP contribution in [0.2, 0.25) is 0 Å². The van der Waals surface area contributed by atoms with Crippen molar-refractivity contribution in [1.29, 1.82) is 0 Å². The molecule has 0 aromatic heterocycles. The van der Waals surface area contributed by atoms with Gasteiger partial charge in [0.05, 0.1) is 0 Å². The van der Waals surface area contributed by atoms with E-state index in [2.05, 4.69) is 39.7 Å². The molecule has 6 nitrogen and oxygen atoms in total. The van der Waals surface area contributed by atoms with E-state index in [4.69, 9.17) is 0 Å². The molecule has 0 bridgehead atoms. The Hall–Kier alpha value is -1.30. The molecule has 140 valence electrons. The lowest BCUT2D eigenvalue weighted by Crippen LogP contribution is -2.42. The smallest absolute Gasteiger partial charge is 0.222 e. The lowest BCUT2D eigenvalue weighted by atomic mass is 10.0. The van der Waals surface area contributed by atoms with E-state index in [0.29, 0.717) is 13.1 Å². The molecule has 1 unspecified atom stereocenters. The topological polar surface area (TPSA) is 68.8 Å². The van der Waals surface area contributed by atoms with Crippen LogP contribution in [0.5, 0.6) is 0 Å². The van der Waals surface area contributed by atoms with Crippen LogP contribution in [0.3, 0.4) is 0 Å². The quantitative estimate of drug-likeness (QED) is 0.339. The highest BCUT2D eigenvalue weighted by molar-refractivity contribution is 5.80. The molecule has 24 heavy (non-hydrogen) atoms. The van der Waals surface area contributed by atoms with Gasteiger partial charge in [-0.1, -0.05) is 20.3 Å². The van der Waals surface area contributed by atoms with Gasteiger partial charge in [0.1, 0.15) is 0 Å². The monoisotopic (exact) mass is 339 g/mol. The van der Waals surface area contributed by atoms with Gasteiger partial charge in [-0.3, -0.25) is 9.79 Å². The largest absolute Gasteiger partial charge is 0.357 e. The first kappa shape index (κ1) is 20.7. The van der Waals surface area contributed by atoms with E-state index < -0.39 is 0 Å². The first-order chi connectivity index (χ1) is 11.5. The summed E-state index contributed by atoms with van der Waals surface area (Å²) >= 11 is 0. The molecule has 1 saturated heterocycles. The van der Waals surface area contributed by atoms with Gasteiger partial charge >= 0.3 is 0 Å². The van der Waals surface area contributed by atoms with Crippen LogP contribution in [0.1, 0.15) is 53.4 Å². The van der Waals surface area contributed by atoms with Gasteiger partial charge in [-0.15, -0.1) is 0 Å². The summed E-state index contributed by atoms with van der Waals surface area (Å²) < 4.78 is 0. The van der Waals surface area contributed by atoms with Crippen molar-refractivity contribution in [2.45, 2.75) is 59.4 Å². The first-order valence-electron chi connectivity index (χ1n) is 9.58. The van der Waals surface area contributed by atoms with Crippen molar-refractivity contribution < 1.29 is 4.79 Å². The van der Waals surface area contributed by atoms with Crippen LogP contribution in [0.4, 0.5) is 0 Å². The Labute approximate surface area is 147 Å². The molecule has 1 aliphatic rings. The molecular formula is C18H37N5O. The van der Waals surface area contributed by atoms with Gasteiger partial charge in [-0.25, -0.2) is 0 Å². The van der Waals surface area contributed by atoms with Crippen molar-refractivity contribution in [3.8, 4) is 0 Å². The van der Waals surface area contributed by atoms with E-state index in [1.165, 1.54) is 25.8 Å². The van der Waals surface area contributed by atoms with Crippen LogP contribution in [-0.2, 0) is 4.79 Å². The molecule has 1 aliphatic heterocycles. The predicted octanol–water partition coefficient (Wildman–Crippen LogP) is 1.58. The zero-order chi connectivity index (χ0) is 17.8. The maximum atomic E-state index is 11.5. The van der Waals surface area contributed by atoms with E-state index in [1.54, 1.807) is 0 Å². The molecule has 0 aliphatic carbocycles. The Morgan fingerprint density at radius 1 is 1.21 bits per heavy atom. The fraction of sp³-hybridized carbons (Fsp3) is 0.889. The van der Waals surface area contributed by atoms with E-state index in [0.717, 1.165) is 38.1 Å². The van der Waals surface area contributed by atoms with Gasteiger partial charge in [0.15, 0.2) is 5.96 Å². The molecule has 1 fully saturated rings. The number of piperidine rings is 1. The molecule has 1 heterocycles. The van der Waals surface area contributed by atoms with Crippen molar-refractivity contribution in [3.05, 3.63) is 0 Å². The second-order valence-corrected chi connectivity index (χ2v) is 6.87. The minimum Gasteiger partial charge on any atom is -0.357 e. The summed E-state index contributed by atoms with van der Waals surface area (Å²) in [5.41, 5.74) is 0. The second kappa shape index (κ2) is 12.1. The Kier molecular flexibility index (Phi) is 10.5. The average Bonchev–Trinajstić information content (AvgIpc) is 2.56. The fourth-order valence-electron chi connectivity index (χ4n) is 2.87. The van der Waals surface area contributed by atoms with Crippen molar-refractivity contribution in [3.63, 3.8) is 0 Å². The number of carbonyl (C=O) groups is 1. The summed E-state index contributed by atoms with van der Waals surface area (Å²) in [7, 11) is 0. The van der Waals surface area contributed by atoms with Gasteiger partial charge in [-0.2, -0.15) is 0 Å². The Balaban J connectivity index is 2.22. The normalized spacial score (nSPS) is 19.4. The lowest BCUT2D eigenvalue weighted by Gasteiger charge is -2.33. The zero-order valence-electron chi connectivity index (χ0n) is 16.0. The number of nitrogens with zero attached hydrogens (tertiary/aromatic N) is 2. The molecule has 0 aromatic carbocycles. The summed E-state index contributed by atoms with van der Waals surface area (Å²) in [6.45, 7) is 13.5. The number of hydrogen-bond acceptors (Lipinski definition) is 3. The minimum atomic E-state index is 0.0316. The van der Waals surface area contributed by atoms with Crippen molar-refractivity contribution in [1.82, 2.24) is 20.9 Å². The zero-order valence-corrected chi connectivity index (χ0v) is 16.0. The maximum Gasteiger partial charge on any atom is 0.222 e. The third-order valence-corrected chi connectivity index (χ3v) is 4.40. The number of hydrogen-bond donors (Lipinski definition) is 3. The highest BCUT2D eigenvalue weighted by Gasteiger charge is 2.16. The van der Waals surface area contributed by atoms with Gasteiger partial charge < -0.3 is 20.9 Å². The summed E-state index contributed by atoms with van der Waals surface area (Å²) in [5.74, 6) is 0.960. The molecule has 1 atom stereocenters. The summed E-state index contributed by atoms with van der Waals surface area (Å²) in [4.78, 5) is 18.7. The van der Waals surface area contributed by atoms with Gasteiger partial charge in [0.25, 0.3) is 0 Å². The van der Waals surface area contributed by atoms with Crippen molar-refractivity contribution in [2.24, 2.45) is 10.9 Å². The molecule has 6 heteroatoms. The highest BCUT2D eigenvalue weighted by Crippen LogP contribution is 2.16. The number of nitrogens with one attached hydrogen (secondary N) is 3. The number of amides is 1. The molecule has 1 rings (SSSR count). The molecule has 1 amide bonds. The highest BCUT2D eigenvalue weighted by atomic mass is 16.1. The number of aliphatic imine (C=N–C) groups is 1. The van der Waals surface area contributed by atoms with Crippen LogP contribution in [0.25, 0.3) is 0 Å². The molecule has 0 spiro atoms. The second-order valence-electron chi connectivity index (χ2n) is 6.87. The first-order valence-corrected chi connectivity index (χ1v) is 9.58. The third kappa shape index (κ3) is 8.52. The molecule has 0 aromatic rings. The van der Waals surface area contributed by atoms with Crippen LogP contribution in [0, 0.1) is 5.92 Å². The average molecular weight is 340 g/mol. The maximum absolute atomic E-state index is 11.5. The number of likely N-dealkylation sites (tertiary alicyclic amines) is 1. The van der Waals surface area contributed by atoms with Gasteiger partial charge in [-0.05, 0) is 39.7 Å². The Bertz CT molecular complexity index is 384.